The van der Waals surface area contributed by atoms with Gasteiger partial charge < -0.3 is 4.55 Å². The average Bonchev–Trinajstić information content (AvgIpc) is 2.76. The van der Waals surface area contributed by atoms with Crippen molar-refractivity contribution in [3.63, 3.8) is 0 Å². The van der Waals surface area contributed by atoms with Crippen molar-refractivity contribution >= 4 is 28.5 Å². The van der Waals surface area contributed by atoms with Crippen molar-refractivity contribution in [3.05, 3.63) is 24.2 Å². The molecule has 0 aliphatic rings. The third kappa shape index (κ3) is 3.13. The van der Waals surface area contributed by atoms with E-state index in [2.05, 4.69) is 14.5 Å². The molecule has 6 heteroatoms. The Balaban J connectivity index is 2.25. The topological polar surface area (TPSA) is 66.1 Å². The van der Waals surface area contributed by atoms with Crippen LogP contribution in [0.4, 0.5) is 0 Å². The fourth-order valence-electron chi connectivity index (χ4n) is 1.58. The second-order valence-corrected chi connectivity index (χ2v) is 7.16. The van der Waals surface area contributed by atoms with Crippen molar-refractivity contribution in [1.29, 1.82) is 0 Å². The van der Waals surface area contributed by atoms with E-state index in [1.807, 2.05) is 38.4 Å². The van der Waals surface area contributed by atoms with E-state index in [0.29, 0.717) is 5.69 Å². The van der Waals surface area contributed by atoms with Crippen LogP contribution in [0.5, 0.6) is 0 Å². The first kappa shape index (κ1) is 14.0. The van der Waals surface area contributed by atoms with Crippen molar-refractivity contribution in [2.45, 2.75) is 39.0 Å². The van der Waals surface area contributed by atoms with Crippen molar-refractivity contribution in [3.8, 4) is 0 Å². The zero-order valence-electron chi connectivity index (χ0n) is 11.6. The van der Waals surface area contributed by atoms with Gasteiger partial charge in [-0.3, -0.25) is 9.67 Å². The average molecular weight is 278 g/mol. The molecule has 0 fully saturated rings. The van der Waals surface area contributed by atoms with Gasteiger partial charge in [-0.1, -0.05) is 4.40 Å². The van der Waals surface area contributed by atoms with E-state index < -0.39 is 11.4 Å². The number of pyridine rings is 1. The molecule has 0 saturated heterocycles. The van der Waals surface area contributed by atoms with Crippen LogP contribution in [0, 0.1) is 0 Å². The van der Waals surface area contributed by atoms with Gasteiger partial charge in [-0.25, -0.2) is 0 Å². The minimum Gasteiger partial charge on any atom is -0.591 e. The lowest BCUT2D eigenvalue weighted by Gasteiger charge is -2.17. The molecule has 2 rings (SSSR count). The first-order chi connectivity index (χ1) is 8.91. The lowest BCUT2D eigenvalue weighted by atomic mass is 10.3. The first-order valence-corrected chi connectivity index (χ1v) is 7.30. The summed E-state index contributed by atoms with van der Waals surface area (Å²) in [5.41, 5.74) is 1.69. The fraction of sp³-hybridized carbons (Fsp3) is 0.462. The zero-order chi connectivity index (χ0) is 14.0. The molecule has 0 bridgehead atoms. The molecular weight excluding hydrogens is 260 g/mol. The van der Waals surface area contributed by atoms with Gasteiger partial charge in [0, 0.05) is 11.9 Å². The molecule has 102 valence electrons. The van der Waals surface area contributed by atoms with Gasteiger partial charge in [0.05, 0.1) is 23.6 Å². The minimum absolute atomic E-state index is 0.353. The van der Waals surface area contributed by atoms with Crippen LogP contribution in [0.2, 0.25) is 0 Å². The van der Waals surface area contributed by atoms with E-state index in [1.54, 1.807) is 18.6 Å². The molecular formula is C13H18N4OS. The number of aromatic nitrogens is 3. The van der Waals surface area contributed by atoms with Gasteiger partial charge in [-0.05, 0) is 33.8 Å². The summed E-state index contributed by atoms with van der Waals surface area (Å²) < 4.78 is 17.4. The van der Waals surface area contributed by atoms with Gasteiger partial charge in [-0.2, -0.15) is 5.10 Å². The first-order valence-electron chi connectivity index (χ1n) is 6.19. The number of aryl methyl sites for hydroxylation is 1. The lowest BCUT2D eigenvalue weighted by molar-refractivity contribution is 0.562. The van der Waals surface area contributed by atoms with Crippen LogP contribution in [-0.4, -0.2) is 30.3 Å². The summed E-state index contributed by atoms with van der Waals surface area (Å²) in [6, 6.07) is 1.90. The highest BCUT2D eigenvalue weighted by atomic mass is 32.2. The molecule has 0 saturated carbocycles. The molecule has 0 radical (unpaired) electrons. The molecule has 0 N–H and O–H groups in total. The Morgan fingerprint density at radius 2 is 2.16 bits per heavy atom. The summed E-state index contributed by atoms with van der Waals surface area (Å²) >= 11 is -1.26. The molecule has 2 aromatic rings. The van der Waals surface area contributed by atoms with Crippen LogP contribution in [0.15, 0.2) is 22.9 Å². The Bertz CT molecular complexity index is 600. The van der Waals surface area contributed by atoms with Gasteiger partial charge in [0.1, 0.15) is 22.3 Å². The minimum atomic E-state index is -1.26. The highest BCUT2D eigenvalue weighted by molar-refractivity contribution is 7.91. The predicted octanol–water partition coefficient (Wildman–Crippen LogP) is 2.33. The second kappa shape index (κ2) is 5.30. The van der Waals surface area contributed by atoms with Crippen LogP contribution < -0.4 is 0 Å². The molecule has 0 aliphatic carbocycles. The van der Waals surface area contributed by atoms with Crippen molar-refractivity contribution in [1.82, 2.24) is 14.8 Å². The zero-order valence-corrected chi connectivity index (χ0v) is 12.4. The van der Waals surface area contributed by atoms with E-state index in [4.69, 9.17) is 0 Å². The Morgan fingerprint density at radius 3 is 2.79 bits per heavy atom. The fourth-order valence-corrected chi connectivity index (χ4v) is 2.10. The summed E-state index contributed by atoms with van der Waals surface area (Å²) in [6.45, 7) is 8.52. The molecule has 0 spiro atoms. The third-order valence-corrected chi connectivity index (χ3v) is 4.00. The molecule has 0 amide bonds. The molecule has 0 aliphatic heterocycles. The smallest absolute Gasteiger partial charge is 0.144 e. The lowest BCUT2D eigenvalue weighted by Crippen LogP contribution is -2.25. The number of hydrogen-bond acceptors (Lipinski definition) is 4. The largest absolute Gasteiger partial charge is 0.591 e. The van der Waals surface area contributed by atoms with Crippen LogP contribution in [0.25, 0.3) is 10.9 Å². The highest BCUT2D eigenvalue weighted by Crippen LogP contribution is 2.17. The number of nitrogens with zero attached hydrogens (tertiary/aromatic N) is 4. The Labute approximate surface area is 116 Å². The third-order valence-electron chi connectivity index (χ3n) is 2.65. The van der Waals surface area contributed by atoms with E-state index in [-0.39, 0.29) is 4.75 Å². The molecule has 0 unspecified atom stereocenters. The van der Waals surface area contributed by atoms with E-state index in [0.717, 1.165) is 17.4 Å². The van der Waals surface area contributed by atoms with Gasteiger partial charge in [0.25, 0.3) is 0 Å². The van der Waals surface area contributed by atoms with Crippen LogP contribution in [0.3, 0.4) is 0 Å². The van der Waals surface area contributed by atoms with Crippen molar-refractivity contribution in [2.24, 2.45) is 4.40 Å². The summed E-state index contributed by atoms with van der Waals surface area (Å²) in [5, 5.41) is 5.28. The molecule has 5 nitrogen and oxygen atoms in total. The monoisotopic (exact) mass is 278 g/mol. The van der Waals surface area contributed by atoms with Crippen molar-refractivity contribution < 1.29 is 4.55 Å². The van der Waals surface area contributed by atoms with E-state index in [1.165, 1.54) is 0 Å². The normalized spacial score (nSPS) is 14.4. The number of hydrogen-bond donors (Lipinski definition) is 0. The van der Waals surface area contributed by atoms with Gasteiger partial charge in [0.15, 0.2) is 0 Å². The predicted molar refractivity (Wildman–Crippen MR) is 78.7 cm³/mol. The maximum Gasteiger partial charge on any atom is 0.144 e. The van der Waals surface area contributed by atoms with Gasteiger partial charge in [-0.15, -0.1) is 0 Å². The molecule has 2 heterocycles. The van der Waals surface area contributed by atoms with Crippen LogP contribution >= 0.6 is 0 Å². The summed E-state index contributed by atoms with van der Waals surface area (Å²) in [7, 11) is 0. The van der Waals surface area contributed by atoms with E-state index >= 15 is 0 Å². The SMILES string of the molecule is CCn1ncc2cc(/C=N/[S@+]([O-])C(C)(C)C)ncc21. The number of rotatable bonds is 3. The highest BCUT2D eigenvalue weighted by Gasteiger charge is 2.25. The van der Waals surface area contributed by atoms with E-state index in [9.17, 15) is 4.55 Å². The second-order valence-electron chi connectivity index (χ2n) is 5.22. The quantitative estimate of drug-likeness (QED) is 0.639. The maximum atomic E-state index is 11.8. The maximum absolute atomic E-state index is 11.8. The molecule has 0 aromatic carbocycles. The van der Waals surface area contributed by atoms with Crippen molar-refractivity contribution in [2.75, 3.05) is 0 Å². The Hall–Kier alpha value is -1.40. The molecule has 1 atom stereocenters. The van der Waals surface area contributed by atoms with Crippen LogP contribution in [0.1, 0.15) is 33.4 Å². The summed E-state index contributed by atoms with van der Waals surface area (Å²) in [4.78, 5) is 4.30. The summed E-state index contributed by atoms with van der Waals surface area (Å²) in [5.74, 6) is 0. The molecule has 19 heavy (non-hydrogen) atoms. The summed E-state index contributed by atoms with van der Waals surface area (Å²) in [6.07, 6.45) is 5.13. The Morgan fingerprint density at radius 1 is 1.42 bits per heavy atom. The molecule has 2 aromatic heterocycles. The number of fused-ring (bicyclic) bond motifs is 1. The Kier molecular flexibility index (Phi) is 3.91. The van der Waals surface area contributed by atoms with Gasteiger partial charge in [0.2, 0.25) is 0 Å². The van der Waals surface area contributed by atoms with Crippen LogP contribution in [-0.2, 0) is 17.9 Å². The van der Waals surface area contributed by atoms with Gasteiger partial charge >= 0.3 is 0 Å². The standard InChI is InChI=1S/C13H18N4OS/c1-5-17-12-9-14-11(6-10(12)7-15-17)8-16-19(18)13(2,3)4/h6-9H,5H2,1-4H3/b16-8+/t19-/m1/s1.